The predicted molar refractivity (Wildman–Crippen MR) is 69.0 cm³/mol. The molecule has 1 aromatic rings. The number of carbonyl (C=O) groups excluding carboxylic acids is 1. The van der Waals surface area contributed by atoms with E-state index in [1.807, 2.05) is 0 Å². The largest absolute Gasteiger partial charge is 0.504 e. The van der Waals surface area contributed by atoms with Crippen molar-refractivity contribution >= 4 is 5.91 Å². The van der Waals surface area contributed by atoms with Crippen molar-refractivity contribution in [3.05, 3.63) is 23.8 Å². The Balaban J connectivity index is 2.18. The van der Waals surface area contributed by atoms with Crippen molar-refractivity contribution in [2.45, 2.75) is 38.1 Å². The topological polar surface area (TPSA) is 58.6 Å². The summed E-state index contributed by atoms with van der Waals surface area (Å²) in [5, 5.41) is 12.9. The first-order valence-electron chi connectivity index (χ1n) is 6.24. The summed E-state index contributed by atoms with van der Waals surface area (Å²) in [6.07, 6.45) is 4.26. The lowest BCUT2D eigenvalue weighted by Gasteiger charge is -2.25. The van der Waals surface area contributed by atoms with Gasteiger partial charge < -0.3 is 15.2 Å². The van der Waals surface area contributed by atoms with Crippen molar-refractivity contribution in [1.29, 1.82) is 0 Å². The number of methoxy groups -OCH3 is 1. The number of phenolic OH excluding ortho intramolecular Hbond substituents is 1. The lowest BCUT2D eigenvalue weighted by atomic mass is 10.00. The summed E-state index contributed by atoms with van der Waals surface area (Å²) < 4.78 is 5.00. The number of nitrogens with one attached hydrogen (secondary N) is 1. The zero-order valence-corrected chi connectivity index (χ0v) is 10.8. The minimum Gasteiger partial charge on any atom is -0.504 e. The van der Waals surface area contributed by atoms with Crippen LogP contribution in [0.25, 0.3) is 0 Å². The van der Waals surface area contributed by atoms with Crippen LogP contribution in [-0.4, -0.2) is 23.7 Å². The Hall–Kier alpha value is -1.71. The molecule has 4 heteroatoms. The van der Waals surface area contributed by atoms with Crippen LogP contribution in [0.15, 0.2) is 18.2 Å². The molecule has 2 N–H and O–H groups in total. The van der Waals surface area contributed by atoms with Gasteiger partial charge in [0, 0.05) is 5.54 Å². The Kier molecular flexibility index (Phi) is 3.45. The average Bonchev–Trinajstić information content (AvgIpc) is 2.76. The first-order chi connectivity index (χ1) is 8.56. The van der Waals surface area contributed by atoms with Crippen LogP contribution in [0.1, 0.15) is 43.0 Å². The molecule has 0 aliphatic heterocycles. The molecule has 0 saturated heterocycles. The van der Waals surface area contributed by atoms with E-state index in [0.29, 0.717) is 5.75 Å². The van der Waals surface area contributed by atoms with E-state index in [9.17, 15) is 9.90 Å². The van der Waals surface area contributed by atoms with E-state index in [4.69, 9.17) is 4.74 Å². The summed E-state index contributed by atoms with van der Waals surface area (Å²) in [6.45, 7) is 2.05. The van der Waals surface area contributed by atoms with Gasteiger partial charge in [0.15, 0.2) is 11.5 Å². The fourth-order valence-corrected chi connectivity index (χ4v) is 2.49. The highest BCUT2D eigenvalue weighted by Gasteiger charge is 2.31. The van der Waals surface area contributed by atoms with Crippen LogP contribution in [0.4, 0.5) is 0 Å². The van der Waals surface area contributed by atoms with Crippen LogP contribution < -0.4 is 10.1 Å². The lowest BCUT2D eigenvalue weighted by molar-refractivity contribution is 0.0904. The maximum Gasteiger partial charge on any atom is 0.255 e. The third-order valence-electron chi connectivity index (χ3n) is 3.59. The number of rotatable bonds is 3. The quantitative estimate of drug-likeness (QED) is 0.865. The molecule has 1 aliphatic rings. The van der Waals surface area contributed by atoms with Crippen molar-refractivity contribution in [2.75, 3.05) is 7.11 Å². The highest BCUT2D eigenvalue weighted by Crippen LogP contribution is 2.32. The number of amides is 1. The minimum absolute atomic E-state index is 0.0981. The summed E-state index contributed by atoms with van der Waals surface area (Å²) in [4.78, 5) is 12.2. The molecule has 1 amide bonds. The molecular formula is C14H19NO3. The Morgan fingerprint density at radius 3 is 2.67 bits per heavy atom. The molecule has 0 radical (unpaired) electrons. The van der Waals surface area contributed by atoms with Gasteiger partial charge in [-0.05, 0) is 31.9 Å². The molecule has 1 aliphatic carbocycles. The highest BCUT2D eigenvalue weighted by molar-refractivity contribution is 5.98. The number of hydrogen-bond donors (Lipinski definition) is 2. The molecule has 0 atom stereocenters. The molecule has 0 heterocycles. The summed E-state index contributed by atoms with van der Waals surface area (Å²) >= 11 is 0. The van der Waals surface area contributed by atoms with E-state index < -0.39 is 0 Å². The molecule has 0 bridgehead atoms. The molecular weight excluding hydrogens is 230 g/mol. The van der Waals surface area contributed by atoms with Crippen molar-refractivity contribution in [2.24, 2.45) is 0 Å². The SMILES string of the molecule is COc1cccc(C(=O)NC2(C)CCCC2)c1O. The first-order valence-corrected chi connectivity index (χ1v) is 6.24. The van der Waals surface area contributed by atoms with Gasteiger partial charge in [-0.2, -0.15) is 0 Å². The Morgan fingerprint density at radius 2 is 2.06 bits per heavy atom. The van der Waals surface area contributed by atoms with E-state index in [2.05, 4.69) is 12.2 Å². The van der Waals surface area contributed by atoms with Crippen LogP contribution in [-0.2, 0) is 0 Å². The van der Waals surface area contributed by atoms with Gasteiger partial charge in [0.05, 0.1) is 12.7 Å². The van der Waals surface area contributed by atoms with Gasteiger partial charge in [-0.1, -0.05) is 18.9 Å². The smallest absolute Gasteiger partial charge is 0.255 e. The monoisotopic (exact) mass is 249 g/mol. The summed E-state index contributed by atoms with van der Waals surface area (Å²) in [7, 11) is 1.47. The number of ether oxygens (including phenoxy) is 1. The molecule has 2 rings (SSSR count). The van der Waals surface area contributed by atoms with Crippen LogP contribution in [0, 0.1) is 0 Å². The predicted octanol–water partition coefficient (Wildman–Crippen LogP) is 2.46. The maximum absolute atomic E-state index is 12.2. The Labute approximate surface area is 107 Å². The number of carbonyl (C=O) groups is 1. The molecule has 0 aromatic heterocycles. The van der Waals surface area contributed by atoms with Gasteiger partial charge in [-0.3, -0.25) is 4.79 Å². The standard InChI is InChI=1S/C14H19NO3/c1-14(8-3-4-9-14)15-13(17)10-6-5-7-11(18-2)12(10)16/h5-7,16H,3-4,8-9H2,1-2H3,(H,15,17). The average molecular weight is 249 g/mol. The zero-order valence-electron chi connectivity index (χ0n) is 10.8. The second kappa shape index (κ2) is 4.88. The minimum atomic E-state index is -0.240. The summed E-state index contributed by atoms with van der Waals surface area (Å²) in [6, 6.07) is 4.93. The van der Waals surface area contributed by atoms with E-state index in [-0.39, 0.29) is 22.8 Å². The number of benzene rings is 1. The first kappa shape index (κ1) is 12.7. The van der Waals surface area contributed by atoms with Gasteiger partial charge in [-0.25, -0.2) is 0 Å². The summed E-state index contributed by atoms with van der Waals surface area (Å²) in [5.41, 5.74) is 0.120. The van der Waals surface area contributed by atoms with Gasteiger partial charge in [0.2, 0.25) is 0 Å². The Morgan fingerprint density at radius 1 is 1.39 bits per heavy atom. The van der Waals surface area contributed by atoms with Crippen molar-refractivity contribution < 1.29 is 14.6 Å². The fourth-order valence-electron chi connectivity index (χ4n) is 2.49. The van der Waals surface area contributed by atoms with Gasteiger partial charge >= 0.3 is 0 Å². The Bertz CT molecular complexity index is 450. The number of para-hydroxylation sites is 1. The third kappa shape index (κ3) is 2.42. The lowest BCUT2D eigenvalue weighted by Crippen LogP contribution is -2.43. The van der Waals surface area contributed by atoms with Crippen LogP contribution in [0.2, 0.25) is 0 Å². The van der Waals surface area contributed by atoms with E-state index in [1.54, 1.807) is 18.2 Å². The van der Waals surface area contributed by atoms with Gasteiger partial charge in [-0.15, -0.1) is 0 Å². The van der Waals surface area contributed by atoms with E-state index in [0.717, 1.165) is 25.7 Å². The van der Waals surface area contributed by atoms with Crippen molar-refractivity contribution in [3.8, 4) is 11.5 Å². The second-order valence-electron chi connectivity index (χ2n) is 5.08. The molecule has 98 valence electrons. The fraction of sp³-hybridized carbons (Fsp3) is 0.500. The second-order valence-corrected chi connectivity index (χ2v) is 5.08. The molecule has 0 spiro atoms. The van der Waals surface area contributed by atoms with Crippen LogP contribution in [0.5, 0.6) is 11.5 Å². The molecule has 1 saturated carbocycles. The number of hydrogen-bond acceptors (Lipinski definition) is 3. The highest BCUT2D eigenvalue weighted by atomic mass is 16.5. The zero-order chi connectivity index (χ0) is 13.2. The summed E-state index contributed by atoms with van der Waals surface area (Å²) in [5.74, 6) is -0.0193. The van der Waals surface area contributed by atoms with Gasteiger partial charge in [0.1, 0.15) is 0 Å². The molecule has 0 unspecified atom stereocenters. The molecule has 18 heavy (non-hydrogen) atoms. The maximum atomic E-state index is 12.2. The normalized spacial score (nSPS) is 17.4. The molecule has 1 fully saturated rings. The van der Waals surface area contributed by atoms with Crippen molar-refractivity contribution in [3.63, 3.8) is 0 Å². The number of aromatic hydroxyl groups is 1. The van der Waals surface area contributed by atoms with Gasteiger partial charge in [0.25, 0.3) is 5.91 Å². The van der Waals surface area contributed by atoms with Crippen LogP contribution >= 0.6 is 0 Å². The third-order valence-corrected chi connectivity index (χ3v) is 3.59. The molecule has 1 aromatic carbocycles. The van der Waals surface area contributed by atoms with E-state index in [1.165, 1.54) is 7.11 Å². The van der Waals surface area contributed by atoms with Crippen molar-refractivity contribution in [1.82, 2.24) is 5.32 Å². The van der Waals surface area contributed by atoms with E-state index >= 15 is 0 Å². The number of phenols is 1. The van der Waals surface area contributed by atoms with Crippen LogP contribution in [0.3, 0.4) is 0 Å². The molecule has 4 nitrogen and oxygen atoms in total.